The first-order chi connectivity index (χ1) is 13.9. The van der Waals surface area contributed by atoms with E-state index in [1.165, 1.54) is 10.5 Å². The lowest BCUT2D eigenvalue weighted by Gasteiger charge is -2.20. The Morgan fingerprint density at radius 3 is 2.28 bits per heavy atom. The Morgan fingerprint density at radius 2 is 1.72 bits per heavy atom. The highest BCUT2D eigenvalue weighted by Gasteiger charge is 2.42. The number of urea groups is 1. The lowest BCUT2D eigenvalue weighted by molar-refractivity contribution is -0.146. The van der Waals surface area contributed by atoms with Crippen LogP contribution in [-0.4, -0.2) is 48.8 Å². The zero-order chi connectivity index (χ0) is 20.9. The van der Waals surface area contributed by atoms with Gasteiger partial charge in [0.05, 0.1) is 12.0 Å². The van der Waals surface area contributed by atoms with E-state index in [4.69, 9.17) is 9.47 Å². The summed E-state index contributed by atoms with van der Waals surface area (Å²) in [6, 6.07) is 14.6. The highest BCUT2D eigenvalue weighted by atomic mass is 16.5. The van der Waals surface area contributed by atoms with E-state index in [1.807, 2.05) is 24.3 Å². The van der Waals surface area contributed by atoms with E-state index in [0.717, 1.165) is 12.2 Å². The summed E-state index contributed by atoms with van der Waals surface area (Å²) in [4.78, 5) is 25.2. The minimum Gasteiger partial charge on any atom is -0.481 e. The number of hydrogen-bond acceptors (Lipinski definition) is 4. The minimum absolute atomic E-state index is 0.204. The molecule has 154 valence electrons. The van der Waals surface area contributed by atoms with Crippen LogP contribution in [0.5, 0.6) is 11.5 Å². The number of nitrogens with one attached hydrogen (secondary N) is 1. The van der Waals surface area contributed by atoms with E-state index >= 15 is 0 Å². The number of benzene rings is 2. The fourth-order valence-corrected chi connectivity index (χ4v) is 3.20. The van der Waals surface area contributed by atoms with Gasteiger partial charge in [-0.1, -0.05) is 12.1 Å². The second-order valence-electron chi connectivity index (χ2n) is 7.48. The average Bonchev–Trinajstić information content (AvgIpc) is 3.13. The number of aliphatic carboxylic acids is 1. The first kappa shape index (κ1) is 20.7. The van der Waals surface area contributed by atoms with E-state index in [1.54, 1.807) is 38.3 Å². The molecule has 1 fully saturated rings. The van der Waals surface area contributed by atoms with Crippen molar-refractivity contribution in [2.45, 2.75) is 19.8 Å². The number of hydrogen-bond donors (Lipinski definition) is 2. The van der Waals surface area contributed by atoms with Crippen molar-refractivity contribution in [2.75, 3.05) is 32.1 Å². The van der Waals surface area contributed by atoms with Gasteiger partial charge in [-0.2, -0.15) is 0 Å². The summed E-state index contributed by atoms with van der Waals surface area (Å²) >= 11 is 0. The number of carbonyl (C=O) groups excluding carboxylic acids is 1. The average molecular weight is 398 g/mol. The van der Waals surface area contributed by atoms with Crippen LogP contribution in [0.4, 0.5) is 10.5 Å². The highest BCUT2D eigenvalue weighted by molar-refractivity contribution is 5.90. The predicted octanol–water partition coefficient (Wildman–Crippen LogP) is 4.00. The van der Waals surface area contributed by atoms with Crippen LogP contribution in [-0.2, 0) is 16.0 Å². The molecule has 1 heterocycles. The van der Waals surface area contributed by atoms with Crippen LogP contribution in [0.2, 0.25) is 0 Å². The Labute approximate surface area is 170 Å². The zero-order valence-electron chi connectivity index (χ0n) is 16.7. The number of ether oxygens (including phenoxy) is 2. The third kappa shape index (κ3) is 5.26. The summed E-state index contributed by atoms with van der Waals surface area (Å²) in [6.45, 7) is 2.98. The summed E-state index contributed by atoms with van der Waals surface area (Å²) in [5.41, 5.74) is 0.924. The first-order valence-electron chi connectivity index (χ1n) is 9.55. The zero-order valence-corrected chi connectivity index (χ0v) is 16.7. The van der Waals surface area contributed by atoms with Crippen LogP contribution in [0.1, 0.15) is 18.9 Å². The number of likely N-dealkylation sites (tertiary alicyclic amines) is 1. The molecule has 2 N–H and O–H groups in total. The van der Waals surface area contributed by atoms with Gasteiger partial charge in [-0.05, 0) is 61.7 Å². The van der Waals surface area contributed by atoms with Gasteiger partial charge < -0.3 is 24.8 Å². The Morgan fingerprint density at radius 1 is 1.10 bits per heavy atom. The highest BCUT2D eigenvalue weighted by Crippen LogP contribution is 2.30. The summed E-state index contributed by atoms with van der Waals surface area (Å²) < 4.78 is 10.9. The molecular weight excluding hydrogens is 372 g/mol. The molecule has 1 unspecified atom stereocenters. The first-order valence-corrected chi connectivity index (χ1v) is 9.55. The molecule has 0 aromatic heterocycles. The van der Waals surface area contributed by atoms with Crippen LogP contribution < -0.4 is 10.1 Å². The van der Waals surface area contributed by atoms with Gasteiger partial charge in [-0.15, -0.1) is 0 Å². The molecule has 1 aliphatic rings. The lowest BCUT2D eigenvalue weighted by atomic mass is 9.90. The number of carboxylic acids is 1. The van der Waals surface area contributed by atoms with Crippen molar-refractivity contribution in [3.63, 3.8) is 0 Å². The van der Waals surface area contributed by atoms with Crippen molar-refractivity contribution in [1.29, 1.82) is 0 Å². The SMILES string of the molecule is COCCc1ccc(Oc2ccc(NC(=O)N3CCC(C)(C(=O)O)C3)cc2)cc1. The Kier molecular flexibility index (Phi) is 6.39. The number of rotatable bonds is 7. The molecule has 2 aromatic rings. The third-order valence-electron chi connectivity index (χ3n) is 5.14. The van der Waals surface area contributed by atoms with Crippen molar-refractivity contribution in [2.24, 2.45) is 5.41 Å². The van der Waals surface area contributed by atoms with E-state index in [2.05, 4.69) is 5.32 Å². The summed E-state index contributed by atoms with van der Waals surface area (Å²) in [6.07, 6.45) is 1.31. The number of carbonyl (C=O) groups is 2. The fourth-order valence-electron chi connectivity index (χ4n) is 3.20. The van der Waals surface area contributed by atoms with Gasteiger partial charge in [-0.3, -0.25) is 4.79 Å². The Hall–Kier alpha value is -3.06. The van der Waals surface area contributed by atoms with Crippen LogP contribution >= 0.6 is 0 Å². The fraction of sp³-hybridized carbons (Fsp3) is 0.364. The van der Waals surface area contributed by atoms with Crippen molar-refractivity contribution in [1.82, 2.24) is 4.90 Å². The van der Waals surface area contributed by atoms with E-state index in [0.29, 0.717) is 31.0 Å². The normalized spacial score (nSPS) is 18.5. The van der Waals surface area contributed by atoms with Gasteiger partial charge in [0.25, 0.3) is 0 Å². The molecular formula is C22H26N2O5. The second kappa shape index (κ2) is 8.96. The van der Waals surface area contributed by atoms with Crippen molar-refractivity contribution < 1.29 is 24.2 Å². The van der Waals surface area contributed by atoms with Crippen LogP contribution in [0.15, 0.2) is 48.5 Å². The predicted molar refractivity (Wildman–Crippen MR) is 109 cm³/mol. The minimum atomic E-state index is -0.881. The molecule has 29 heavy (non-hydrogen) atoms. The van der Waals surface area contributed by atoms with Crippen LogP contribution in [0, 0.1) is 5.41 Å². The van der Waals surface area contributed by atoms with E-state index < -0.39 is 11.4 Å². The lowest BCUT2D eigenvalue weighted by Crippen LogP contribution is -2.37. The number of methoxy groups -OCH3 is 1. The Balaban J connectivity index is 1.54. The maximum atomic E-state index is 12.4. The quantitative estimate of drug-likeness (QED) is 0.736. The smallest absolute Gasteiger partial charge is 0.321 e. The molecule has 0 saturated carbocycles. The van der Waals surface area contributed by atoms with Gasteiger partial charge in [0.15, 0.2) is 0 Å². The number of carboxylic acid groups (broad SMARTS) is 1. The number of nitrogens with zero attached hydrogens (tertiary/aromatic N) is 1. The van der Waals surface area contributed by atoms with Gasteiger partial charge in [-0.25, -0.2) is 4.79 Å². The summed E-state index contributed by atoms with van der Waals surface area (Å²) in [7, 11) is 1.68. The van der Waals surface area contributed by atoms with Crippen molar-refractivity contribution >= 4 is 17.7 Å². The van der Waals surface area contributed by atoms with Gasteiger partial charge in [0.1, 0.15) is 11.5 Å². The van der Waals surface area contributed by atoms with E-state index in [9.17, 15) is 14.7 Å². The molecule has 1 saturated heterocycles. The van der Waals surface area contributed by atoms with Gasteiger partial charge in [0.2, 0.25) is 0 Å². The van der Waals surface area contributed by atoms with Gasteiger partial charge >= 0.3 is 12.0 Å². The monoisotopic (exact) mass is 398 g/mol. The Bertz CT molecular complexity index is 851. The van der Waals surface area contributed by atoms with Crippen LogP contribution in [0.3, 0.4) is 0 Å². The maximum Gasteiger partial charge on any atom is 0.321 e. The molecule has 1 aliphatic heterocycles. The largest absolute Gasteiger partial charge is 0.481 e. The molecule has 0 spiro atoms. The molecule has 0 aliphatic carbocycles. The summed E-state index contributed by atoms with van der Waals surface area (Å²) in [5, 5.41) is 12.1. The molecule has 7 nitrogen and oxygen atoms in total. The number of anilines is 1. The third-order valence-corrected chi connectivity index (χ3v) is 5.14. The molecule has 1 atom stereocenters. The van der Waals surface area contributed by atoms with E-state index in [-0.39, 0.29) is 12.6 Å². The van der Waals surface area contributed by atoms with Crippen LogP contribution in [0.25, 0.3) is 0 Å². The van der Waals surface area contributed by atoms with Crippen molar-refractivity contribution in [3.8, 4) is 11.5 Å². The second-order valence-corrected chi connectivity index (χ2v) is 7.48. The standard InChI is InChI=1S/C22H26N2O5/c1-22(20(25)26)12-13-24(15-22)21(27)23-17-5-9-19(10-6-17)29-18-7-3-16(4-8-18)11-14-28-2/h3-10H,11-15H2,1-2H3,(H,23,27)(H,25,26). The molecule has 2 aromatic carbocycles. The van der Waals surface area contributed by atoms with Crippen molar-refractivity contribution in [3.05, 3.63) is 54.1 Å². The molecule has 7 heteroatoms. The molecule has 0 bridgehead atoms. The number of amides is 2. The van der Waals surface area contributed by atoms with Gasteiger partial charge in [0, 0.05) is 25.9 Å². The molecule has 2 amide bonds. The molecule has 0 radical (unpaired) electrons. The topological polar surface area (TPSA) is 88.1 Å². The summed E-state index contributed by atoms with van der Waals surface area (Å²) in [5.74, 6) is 0.515. The molecule has 3 rings (SSSR count). The maximum absolute atomic E-state index is 12.4.